The normalized spacial score (nSPS) is 22.2. The van der Waals surface area contributed by atoms with Crippen molar-refractivity contribution in [2.75, 3.05) is 0 Å². The summed E-state index contributed by atoms with van der Waals surface area (Å²) in [5.41, 5.74) is 5.81. The predicted molar refractivity (Wildman–Crippen MR) is 111 cm³/mol. The van der Waals surface area contributed by atoms with E-state index in [1.165, 1.54) is 47.4 Å². The first kappa shape index (κ1) is 21.6. The van der Waals surface area contributed by atoms with Crippen molar-refractivity contribution in [1.29, 1.82) is 0 Å². The molecule has 0 aliphatic carbocycles. The monoisotopic (exact) mass is 438 g/mol. The quantitative estimate of drug-likeness (QED) is 0.742. The van der Waals surface area contributed by atoms with Crippen molar-refractivity contribution < 1.29 is 17.6 Å². The topological polar surface area (TPSA) is 80.5 Å². The van der Waals surface area contributed by atoms with E-state index in [0.29, 0.717) is 11.4 Å². The Morgan fingerprint density at radius 3 is 2.38 bits per heavy atom. The number of benzene rings is 2. The van der Waals surface area contributed by atoms with Crippen LogP contribution in [0, 0.1) is 11.7 Å². The fraction of sp³-hybridized carbons (Fsp3) is 0.381. The third-order valence-corrected chi connectivity index (χ3v) is 7.74. The molecular weight excluding hydrogens is 415 g/mol. The highest BCUT2D eigenvalue weighted by Crippen LogP contribution is 2.44. The van der Waals surface area contributed by atoms with E-state index in [2.05, 4.69) is 0 Å². The molecule has 29 heavy (non-hydrogen) atoms. The molecule has 3 unspecified atom stereocenters. The number of likely N-dealkylation sites (tertiary alicyclic amines) is 1. The molecule has 156 valence electrons. The van der Waals surface area contributed by atoms with Gasteiger partial charge < -0.3 is 10.6 Å². The molecule has 0 radical (unpaired) electrons. The van der Waals surface area contributed by atoms with E-state index >= 15 is 0 Å². The number of nitrogens with two attached hydrogens (primary N) is 1. The van der Waals surface area contributed by atoms with Crippen molar-refractivity contribution in [1.82, 2.24) is 4.90 Å². The Morgan fingerprint density at radius 2 is 1.83 bits per heavy atom. The molecule has 8 heteroatoms. The number of hydrogen-bond donors (Lipinski definition) is 1. The van der Waals surface area contributed by atoms with Gasteiger partial charge in [0.1, 0.15) is 5.82 Å². The van der Waals surface area contributed by atoms with Crippen LogP contribution in [0.15, 0.2) is 53.4 Å². The summed E-state index contributed by atoms with van der Waals surface area (Å²) in [5, 5.41) is -0.603. The minimum atomic E-state index is -3.88. The van der Waals surface area contributed by atoms with Crippen molar-refractivity contribution in [3.63, 3.8) is 0 Å². The molecule has 0 spiro atoms. The van der Waals surface area contributed by atoms with Crippen LogP contribution in [0.25, 0.3) is 0 Å². The molecule has 1 heterocycles. The van der Waals surface area contributed by atoms with Crippen molar-refractivity contribution in [3.8, 4) is 0 Å². The SMILES string of the molecule is CC(C)CC1CC(S(=O)(=O)c2ccc(Cl)cc2)C(c2ccccc2F)N1C(N)=O. The van der Waals surface area contributed by atoms with Gasteiger partial charge in [0.05, 0.1) is 16.2 Å². The van der Waals surface area contributed by atoms with Gasteiger partial charge >= 0.3 is 6.03 Å². The highest BCUT2D eigenvalue weighted by molar-refractivity contribution is 7.92. The minimum Gasteiger partial charge on any atom is -0.351 e. The van der Waals surface area contributed by atoms with E-state index in [1.54, 1.807) is 6.07 Å². The Hall–Kier alpha value is -2.12. The van der Waals surface area contributed by atoms with Gasteiger partial charge in [0.25, 0.3) is 0 Å². The zero-order valence-electron chi connectivity index (χ0n) is 16.3. The third kappa shape index (κ3) is 4.26. The van der Waals surface area contributed by atoms with Crippen molar-refractivity contribution in [2.24, 2.45) is 11.7 Å². The molecule has 3 rings (SSSR count). The fourth-order valence-electron chi connectivity index (χ4n) is 4.15. The summed E-state index contributed by atoms with van der Waals surface area (Å²) in [6.45, 7) is 3.97. The molecule has 2 N–H and O–H groups in total. The summed E-state index contributed by atoms with van der Waals surface area (Å²) in [6.07, 6.45) is 0.756. The van der Waals surface area contributed by atoms with E-state index in [-0.39, 0.29) is 22.8 Å². The number of sulfone groups is 1. The first-order valence-electron chi connectivity index (χ1n) is 9.44. The van der Waals surface area contributed by atoms with Crippen LogP contribution < -0.4 is 5.73 Å². The molecule has 0 aromatic heterocycles. The lowest BCUT2D eigenvalue weighted by atomic mass is 10.0. The van der Waals surface area contributed by atoms with Gasteiger partial charge in [-0.1, -0.05) is 43.6 Å². The lowest BCUT2D eigenvalue weighted by Gasteiger charge is -2.31. The van der Waals surface area contributed by atoms with Gasteiger partial charge in [-0.25, -0.2) is 17.6 Å². The van der Waals surface area contributed by atoms with Crippen LogP contribution in [0.1, 0.15) is 38.3 Å². The summed E-state index contributed by atoms with van der Waals surface area (Å²) in [7, 11) is -3.88. The summed E-state index contributed by atoms with van der Waals surface area (Å²) >= 11 is 5.90. The summed E-state index contributed by atoms with van der Waals surface area (Å²) in [4.78, 5) is 13.8. The van der Waals surface area contributed by atoms with Crippen LogP contribution >= 0.6 is 11.6 Å². The molecule has 1 aliphatic rings. The highest BCUT2D eigenvalue weighted by atomic mass is 35.5. The third-order valence-electron chi connectivity index (χ3n) is 5.31. The second-order valence-corrected chi connectivity index (χ2v) is 10.4. The molecule has 1 fully saturated rings. The number of amides is 2. The van der Waals surface area contributed by atoms with Gasteiger partial charge in [-0.3, -0.25) is 0 Å². The van der Waals surface area contributed by atoms with Crippen molar-refractivity contribution in [3.05, 3.63) is 64.9 Å². The highest BCUT2D eigenvalue weighted by Gasteiger charge is 2.50. The van der Waals surface area contributed by atoms with E-state index in [9.17, 15) is 17.6 Å². The number of hydrogen-bond acceptors (Lipinski definition) is 3. The number of halogens is 2. The number of carbonyl (C=O) groups is 1. The number of carbonyl (C=O) groups excluding carboxylic acids is 1. The van der Waals surface area contributed by atoms with Gasteiger partial charge in [-0.05, 0) is 49.1 Å². The molecule has 1 saturated heterocycles. The Bertz CT molecular complexity index is 995. The molecule has 3 atom stereocenters. The maximum absolute atomic E-state index is 14.7. The molecule has 2 amide bonds. The summed E-state index contributed by atoms with van der Waals surface area (Å²) < 4.78 is 41.7. The standard InChI is InChI=1S/C21H24ClFN2O3S/c1-13(2)11-15-12-19(29(27,28)16-9-7-14(22)8-10-16)20(25(15)21(24)26)17-5-3-4-6-18(17)23/h3-10,13,15,19-20H,11-12H2,1-2H3,(H2,24,26). The zero-order chi connectivity index (χ0) is 21.3. The largest absolute Gasteiger partial charge is 0.351 e. The van der Waals surface area contributed by atoms with E-state index in [1.807, 2.05) is 13.8 Å². The second kappa shape index (κ2) is 8.32. The zero-order valence-corrected chi connectivity index (χ0v) is 17.8. The average Bonchev–Trinajstić information content (AvgIpc) is 3.01. The minimum absolute atomic E-state index is 0.0860. The van der Waals surface area contributed by atoms with Crippen molar-refractivity contribution in [2.45, 2.75) is 48.9 Å². The summed E-state index contributed by atoms with van der Waals surface area (Å²) in [6, 6.07) is 9.63. The second-order valence-electron chi connectivity index (χ2n) is 7.77. The maximum atomic E-state index is 14.7. The Kier molecular flexibility index (Phi) is 6.19. The number of primary amides is 1. The average molecular weight is 439 g/mol. The molecule has 0 saturated carbocycles. The van der Waals surface area contributed by atoms with Crippen LogP contribution in [-0.2, 0) is 9.84 Å². The summed E-state index contributed by atoms with van der Waals surface area (Å²) in [5.74, 6) is -0.356. The maximum Gasteiger partial charge on any atom is 0.315 e. The number of nitrogens with zero attached hydrogens (tertiary/aromatic N) is 1. The van der Waals surface area contributed by atoms with E-state index in [4.69, 9.17) is 17.3 Å². The van der Waals surface area contributed by atoms with E-state index in [0.717, 1.165) is 0 Å². The van der Waals surface area contributed by atoms with Crippen LogP contribution in [0.3, 0.4) is 0 Å². The van der Waals surface area contributed by atoms with Crippen LogP contribution in [0.5, 0.6) is 0 Å². The molecule has 0 bridgehead atoms. The lowest BCUT2D eigenvalue weighted by molar-refractivity contribution is 0.173. The van der Waals surface area contributed by atoms with Gasteiger partial charge in [-0.15, -0.1) is 0 Å². The predicted octanol–water partition coefficient (Wildman–Crippen LogP) is 4.56. The Labute approximate surface area is 175 Å². The van der Waals surface area contributed by atoms with Gasteiger partial charge in [0.15, 0.2) is 9.84 Å². The first-order chi connectivity index (χ1) is 13.6. The number of rotatable bonds is 5. The van der Waals surface area contributed by atoms with Crippen molar-refractivity contribution >= 4 is 27.5 Å². The lowest BCUT2D eigenvalue weighted by Crippen LogP contribution is -2.43. The van der Waals surface area contributed by atoms with Crippen LogP contribution in [0.2, 0.25) is 5.02 Å². The van der Waals surface area contributed by atoms with Gasteiger partial charge in [-0.2, -0.15) is 0 Å². The molecular formula is C21H24ClFN2O3S. The van der Waals surface area contributed by atoms with E-state index < -0.39 is 39.0 Å². The fourth-order valence-corrected chi connectivity index (χ4v) is 6.23. The Morgan fingerprint density at radius 1 is 1.21 bits per heavy atom. The number of urea groups is 1. The smallest absolute Gasteiger partial charge is 0.315 e. The van der Waals surface area contributed by atoms with Crippen LogP contribution in [0.4, 0.5) is 9.18 Å². The Balaban J connectivity index is 2.15. The molecule has 1 aliphatic heterocycles. The van der Waals surface area contributed by atoms with Gasteiger partial charge in [0.2, 0.25) is 0 Å². The molecule has 5 nitrogen and oxygen atoms in total. The van der Waals surface area contributed by atoms with Gasteiger partial charge in [0, 0.05) is 16.6 Å². The first-order valence-corrected chi connectivity index (χ1v) is 11.4. The van der Waals surface area contributed by atoms with Crippen LogP contribution in [-0.4, -0.2) is 30.6 Å². The molecule has 2 aromatic rings. The molecule has 2 aromatic carbocycles.